The van der Waals surface area contributed by atoms with Crippen molar-refractivity contribution in [3.63, 3.8) is 0 Å². The fraction of sp³-hybridized carbons (Fsp3) is 0.333. The molecule has 0 nitrogen and oxygen atoms in total. The molecule has 0 radical (unpaired) electrons. The molecular weight excluding hydrogens is 223 g/mol. The van der Waals surface area contributed by atoms with E-state index in [4.69, 9.17) is 11.6 Å². The maximum absolute atomic E-state index is 5.70. The lowest BCUT2D eigenvalue weighted by Gasteiger charge is -1.92. The lowest BCUT2D eigenvalue weighted by Crippen LogP contribution is -1.73. The van der Waals surface area contributed by atoms with Gasteiger partial charge in [0.15, 0.2) is 0 Å². The van der Waals surface area contributed by atoms with Crippen molar-refractivity contribution in [3.05, 3.63) is 34.9 Å². The van der Waals surface area contributed by atoms with Crippen LogP contribution in [0.1, 0.15) is 19.4 Å². The van der Waals surface area contributed by atoms with Gasteiger partial charge in [-0.3, -0.25) is 0 Å². The first-order chi connectivity index (χ1) is 5.33. The van der Waals surface area contributed by atoms with Crippen LogP contribution in [0.2, 0.25) is 5.02 Å². The molecule has 0 unspecified atom stereocenters. The number of alkyl halides is 1. The zero-order chi connectivity index (χ0) is 8.69. The van der Waals surface area contributed by atoms with Crippen LogP contribution in [-0.2, 0) is 5.33 Å². The summed E-state index contributed by atoms with van der Waals surface area (Å²) in [4.78, 5) is 0. The van der Waals surface area contributed by atoms with Crippen LogP contribution in [0.4, 0.5) is 0 Å². The van der Waals surface area contributed by atoms with Crippen molar-refractivity contribution in [2.24, 2.45) is 0 Å². The summed E-state index contributed by atoms with van der Waals surface area (Å²) >= 11 is 9.04. The zero-order valence-electron chi connectivity index (χ0n) is 6.77. The molecule has 0 bridgehead atoms. The van der Waals surface area contributed by atoms with Crippen LogP contribution in [0.15, 0.2) is 24.3 Å². The zero-order valence-corrected chi connectivity index (χ0v) is 9.11. The van der Waals surface area contributed by atoms with Gasteiger partial charge in [-0.2, -0.15) is 0 Å². The molecule has 0 atom stereocenters. The SMILES string of the molecule is CC.Clc1cccc(CBr)c1. The van der Waals surface area contributed by atoms with E-state index in [1.807, 2.05) is 38.1 Å². The van der Waals surface area contributed by atoms with Gasteiger partial charge < -0.3 is 0 Å². The van der Waals surface area contributed by atoms with Gasteiger partial charge >= 0.3 is 0 Å². The van der Waals surface area contributed by atoms with Gasteiger partial charge in [-0.25, -0.2) is 0 Å². The highest BCUT2D eigenvalue weighted by Crippen LogP contribution is 2.12. The Morgan fingerprint density at radius 1 is 1.36 bits per heavy atom. The molecule has 0 aromatic heterocycles. The molecule has 0 N–H and O–H groups in total. The smallest absolute Gasteiger partial charge is 0.0409 e. The van der Waals surface area contributed by atoms with Crippen LogP contribution in [0.3, 0.4) is 0 Å². The number of hydrogen-bond acceptors (Lipinski definition) is 0. The quantitative estimate of drug-likeness (QED) is 0.638. The number of benzene rings is 1. The molecule has 2 heteroatoms. The lowest BCUT2D eigenvalue weighted by molar-refractivity contribution is 1.44. The van der Waals surface area contributed by atoms with Crippen LogP contribution in [0.25, 0.3) is 0 Å². The van der Waals surface area contributed by atoms with Crippen LogP contribution in [0.5, 0.6) is 0 Å². The minimum atomic E-state index is 0.798. The first-order valence-electron chi connectivity index (χ1n) is 3.63. The molecular formula is C9H12BrCl. The largest absolute Gasteiger partial charge is 0.0876 e. The third-order valence-electron chi connectivity index (χ3n) is 1.04. The van der Waals surface area contributed by atoms with Crippen molar-refractivity contribution < 1.29 is 0 Å². The van der Waals surface area contributed by atoms with E-state index < -0.39 is 0 Å². The monoisotopic (exact) mass is 234 g/mol. The maximum atomic E-state index is 5.70. The van der Waals surface area contributed by atoms with Crippen molar-refractivity contribution in [1.29, 1.82) is 0 Å². The van der Waals surface area contributed by atoms with Crippen molar-refractivity contribution in [2.75, 3.05) is 0 Å². The van der Waals surface area contributed by atoms with Gasteiger partial charge in [0, 0.05) is 10.4 Å². The third kappa shape index (κ3) is 4.44. The second-order valence-corrected chi connectivity index (χ2v) is 2.76. The summed E-state index contributed by atoms with van der Waals surface area (Å²) in [6.07, 6.45) is 0. The van der Waals surface area contributed by atoms with Crippen molar-refractivity contribution in [1.82, 2.24) is 0 Å². The Kier molecular flexibility index (Phi) is 6.68. The first-order valence-corrected chi connectivity index (χ1v) is 5.13. The summed E-state index contributed by atoms with van der Waals surface area (Å²) in [5.74, 6) is 0. The van der Waals surface area contributed by atoms with Crippen LogP contribution < -0.4 is 0 Å². The van der Waals surface area contributed by atoms with Gasteiger partial charge in [-0.1, -0.05) is 53.5 Å². The van der Waals surface area contributed by atoms with E-state index in [2.05, 4.69) is 15.9 Å². The van der Waals surface area contributed by atoms with Gasteiger partial charge in [0.25, 0.3) is 0 Å². The second kappa shape index (κ2) is 6.68. The molecule has 11 heavy (non-hydrogen) atoms. The fourth-order valence-electron chi connectivity index (χ4n) is 0.620. The van der Waals surface area contributed by atoms with Crippen molar-refractivity contribution in [3.8, 4) is 0 Å². The number of hydrogen-bond donors (Lipinski definition) is 0. The van der Waals surface area contributed by atoms with E-state index in [1.54, 1.807) is 0 Å². The summed E-state index contributed by atoms with van der Waals surface area (Å²) in [7, 11) is 0. The van der Waals surface area contributed by atoms with Gasteiger partial charge in [0.2, 0.25) is 0 Å². The van der Waals surface area contributed by atoms with Crippen LogP contribution in [-0.4, -0.2) is 0 Å². The summed E-state index contributed by atoms with van der Waals surface area (Å²) in [6, 6.07) is 7.78. The molecule has 0 spiro atoms. The standard InChI is InChI=1S/C7H6BrCl.C2H6/c8-5-6-2-1-3-7(9)4-6;1-2/h1-4H,5H2;1-2H3. The van der Waals surface area contributed by atoms with Gasteiger partial charge in [-0.05, 0) is 17.7 Å². The molecule has 0 saturated heterocycles. The molecule has 0 aliphatic heterocycles. The highest BCUT2D eigenvalue weighted by molar-refractivity contribution is 9.08. The normalized spacial score (nSPS) is 8.36. The lowest BCUT2D eigenvalue weighted by atomic mass is 10.2. The molecule has 0 saturated carbocycles. The Labute approximate surface area is 81.7 Å². The first kappa shape index (κ1) is 11.0. The van der Waals surface area contributed by atoms with E-state index in [-0.39, 0.29) is 0 Å². The topological polar surface area (TPSA) is 0 Å². The highest BCUT2D eigenvalue weighted by Gasteiger charge is 1.88. The molecule has 0 amide bonds. The summed E-state index contributed by atoms with van der Waals surface area (Å²) in [6.45, 7) is 4.00. The summed E-state index contributed by atoms with van der Waals surface area (Å²) in [5, 5.41) is 1.67. The van der Waals surface area contributed by atoms with Crippen molar-refractivity contribution >= 4 is 27.5 Å². The van der Waals surface area contributed by atoms with Crippen molar-refractivity contribution in [2.45, 2.75) is 19.2 Å². The van der Waals surface area contributed by atoms with Gasteiger partial charge in [0.1, 0.15) is 0 Å². The fourth-order valence-corrected chi connectivity index (χ4v) is 1.18. The molecule has 0 aliphatic rings. The van der Waals surface area contributed by atoms with Crippen LogP contribution >= 0.6 is 27.5 Å². The average Bonchev–Trinajstić information content (AvgIpc) is 2.08. The Morgan fingerprint density at radius 3 is 2.36 bits per heavy atom. The number of halogens is 2. The van der Waals surface area contributed by atoms with Gasteiger partial charge in [-0.15, -0.1) is 0 Å². The predicted molar refractivity (Wildman–Crippen MR) is 55.4 cm³/mol. The minimum absolute atomic E-state index is 0.798. The summed E-state index contributed by atoms with van der Waals surface area (Å²) < 4.78 is 0. The Morgan fingerprint density at radius 2 is 2.00 bits per heavy atom. The Bertz CT molecular complexity index is 199. The molecule has 1 aromatic carbocycles. The summed E-state index contributed by atoms with van der Waals surface area (Å²) in [5.41, 5.74) is 1.21. The molecule has 1 rings (SSSR count). The molecule has 62 valence electrons. The van der Waals surface area contributed by atoms with Gasteiger partial charge in [0.05, 0.1) is 0 Å². The van der Waals surface area contributed by atoms with E-state index in [0.29, 0.717) is 0 Å². The maximum Gasteiger partial charge on any atom is 0.0409 e. The molecule has 1 aromatic rings. The average molecular weight is 236 g/mol. The molecule has 0 aliphatic carbocycles. The molecule has 0 fully saturated rings. The highest BCUT2D eigenvalue weighted by atomic mass is 79.9. The van der Waals surface area contributed by atoms with Crippen LogP contribution in [0, 0.1) is 0 Å². The van der Waals surface area contributed by atoms with E-state index >= 15 is 0 Å². The Balaban J connectivity index is 0.000000461. The number of rotatable bonds is 1. The predicted octanol–water partition coefficient (Wildman–Crippen LogP) is 4.26. The molecule has 0 heterocycles. The minimum Gasteiger partial charge on any atom is -0.0876 e. The Hall–Kier alpha value is -0.0100. The van der Waals surface area contributed by atoms with E-state index in [9.17, 15) is 0 Å². The van der Waals surface area contributed by atoms with E-state index in [1.165, 1.54) is 5.56 Å². The third-order valence-corrected chi connectivity index (χ3v) is 1.93. The van der Waals surface area contributed by atoms with E-state index in [0.717, 1.165) is 10.4 Å². The second-order valence-electron chi connectivity index (χ2n) is 1.76.